The number of carboxylic acids is 1. The monoisotopic (exact) mass is 253 g/mol. The molecule has 1 N–H and O–H groups in total. The van der Waals surface area contributed by atoms with E-state index in [-0.39, 0.29) is 18.2 Å². The maximum absolute atomic E-state index is 12.0. The number of amides is 1. The zero-order valence-electron chi connectivity index (χ0n) is 10.9. The lowest BCUT2D eigenvalue weighted by Crippen LogP contribution is -2.39. The molecule has 0 unspecified atom stereocenters. The number of rotatable bonds is 5. The quantitative estimate of drug-likeness (QED) is 0.817. The van der Waals surface area contributed by atoms with E-state index in [1.165, 1.54) is 19.3 Å². The Balaban J connectivity index is 1.65. The van der Waals surface area contributed by atoms with Crippen LogP contribution in [0.1, 0.15) is 51.4 Å². The Morgan fingerprint density at radius 3 is 2.22 bits per heavy atom. The molecule has 102 valence electrons. The Bertz CT molecular complexity index is 304. The number of hydrogen-bond donors (Lipinski definition) is 1. The van der Waals surface area contributed by atoms with Crippen LogP contribution in [-0.2, 0) is 9.59 Å². The Hall–Kier alpha value is -1.06. The summed E-state index contributed by atoms with van der Waals surface area (Å²) in [6, 6.07) is 0. The van der Waals surface area contributed by atoms with Crippen LogP contribution in [0.15, 0.2) is 0 Å². The molecule has 0 spiro atoms. The molecule has 0 atom stereocenters. The van der Waals surface area contributed by atoms with Gasteiger partial charge in [0, 0.05) is 25.9 Å². The first-order chi connectivity index (χ1) is 8.65. The first kappa shape index (κ1) is 13.4. The Morgan fingerprint density at radius 2 is 1.72 bits per heavy atom. The summed E-state index contributed by atoms with van der Waals surface area (Å²) in [5, 5.41) is 8.74. The Morgan fingerprint density at radius 1 is 1.06 bits per heavy atom. The fourth-order valence-electron chi connectivity index (χ4n) is 2.90. The maximum Gasteiger partial charge on any atom is 0.303 e. The lowest BCUT2D eigenvalue weighted by atomic mass is 9.82. The lowest BCUT2D eigenvalue weighted by Gasteiger charge is -2.32. The van der Waals surface area contributed by atoms with Crippen LogP contribution >= 0.6 is 0 Å². The van der Waals surface area contributed by atoms with Crippen LogP contribution in [0.2, 0.25) is 0 Å². The molecule has 0 bridgehead atoms. The summed E-state index contributed by atoms with van der Waals surface area (Å²) in [7, 11) is 0. The second-order valence-corrected chi connectivity index (χ2v) is 5.76. The molecule has 2 fully saturated rings. The molecule has 1 aliphatic heterocycles. The van der Waals surface area contributed by atoms with Gasteiger partial charge in [-0.3, -0.25) is 9.59 Å². The minimum absolute atomic E-state index is 0.254. The van der Waals surface area contributed by atoms with Crippen molar-refractivity contribution in [3.63, 3.8) is 0 Å². The molecule has 1 amide bonds. The van der Waals surface area contributed by atoms with Gasteiger partial charge in [-0.25, -0.2) is 0 Å². The molecule has 2 rings (SSSR count). The summed E-state index contributed by atoms with van der Waals surface area (Å²) >= 11 is 0. The second kappa shape index (κ2) is 6.21. The molecule has 0 radical (unpaired) electrons. The van der Waals surface area contributed by atoms with Gasteiger partial charge >= 0.3 is 5.97 Å². The second-order valence-electron chi connectivity index (χ2n) is 5.76. The number of carbonyl (C=O) groups is 2. The molecular weight excluding hydrogens is 230 g/mol. The van der Waals surface area contributed by atoms with Crippen molar-refractivity contribution in [1.29, 1.82) is 0 Å². The topological polar surface area (TPSA) is 57.6 Å². The molecule has 0 aromatic rings. The van der Waals surface area contributed by atoms with Crippen LogP contribution in [0, 0.1) is 11.8 Å². The van der Waals surface area contributed by atoms with Gasteiger partial charge in [0.15, 0.2) is 0 Å². The summed E-state index contributed by atoms with van der Waals surface area (Å²) in [6.45, 7) is 1.50. The highest BCUT2D eigenvalue weighted by molar-refractivity contribution is 5.76. The van der Waals surface area contributed by atoms with Crippen LogP contribution in [-0.4, -0.2) is 35.0 Å². The van der Waals surface area contributed by atoms with Gasteiger partial charge in [0.1, 0.15) is 0 Å². The largest absolute Gasteiger partial charge is 0.481 e. The third-order valence-corrected chi connectivity index (χ3v) is 4.42. The number of piperidine rings is 1. The number of nitrogens with zero attached hydrogens (tertiary/aromatic N) is 1. The first-order valence-electron chi connectivity index (χ1n) is 7.14. The van der Waals surface area contributed by atoms with Crippen molar-refractivity contribution in [1.82, 2.24) is 4.90 Å². The summed E-state index contributed by atoms with van der Waals surface area (Å²) in [5.74, 6) is 0.608. The molecule has 1 heterocycles. The van der Waals surface area contributed by atoms with Crippen molar-refractivity contribution in [2.45, 2.75) is 51.4 Å². The number of likely N-dealkylation sites (tertiary alicyclic amines) is 1. The van der Waals surface area contributed by atoms with Gasteiger partial charge in [-0.15, -0.1) is 0 Å². The minimum atomic E-state index is -0.718. The molecule has 4 heteroatoms. The van der Waals surface area contributed by atoms with Crippen molar-refractivity contribution in [3.05, 3.63) is 0 Å². The highest BCUT2D eigenvalue weighted by Gasteiger charge is 2.25. The highest BCUT2D eigenvalue weighted by Crippen LogP contribution is 2.31. The standard InChI is InChI=1S/C14H23NO3/c16-13(5-4-11-2-1-3-11)15-8-6-12(7-9-15)10-14(17)18/h11-12H,1-10H2,(H,17,18). The predicted octanol–water partition coefficient (Wildman–Crippen LogP) is 2.28. The first-order valence-corrected chi connectivity index (χ1v) is 7.14. The third-order valence-electron chi connectivity index (χ3n) is 4.42. The average Bonchev–Trinajstić information content (AvgIpc) is 2.27. The minimum Gasteiger partial charge on any atom is -0.481 e. The van der Waals surface area contributed by atoms with Gasteiger partial charge in [-0.05, 0) is 31.1 Å². The van der Waals surface area contributed by atoms with Crippen molar-refractivity contribution in [2.75, 3.05) is 13.1 Å². The van der Waals surface area contributed by atoms with Gasteiger partial charge < -0.3 is 10.0 Å². The van der Waals surface area contributed by atoms with Gasteiger partial charge in [0.05, 0.1) is 0 Å². The Labute approximate surface area is 108 Å². The van der Waals surface area contributed by atoms with E-state index in [4.69, 9.17) is 5.11 Å². The SMILES string of the molecule is O=C(O)CC1CCN(C(=O)CCC2CCC2)CC1. The molecule has 2 aliphatic rings. The zero-order valence-corrected chi connectivity index (χ0v) is 10.9. The van der Waals surface area contributed by atoms with E-state index in [2.05, 4.69) is 0 Å². The normalized spacial score (nSPS) is 21.7. The van der Waals surface area contributed by atoms with Crippen LogP contribution in [0.5, 0.6) is 0 Å². The van der Waals surface area contributed by atoms with Crippen molar-refractivity contribution in [3.8, 4) is 0 Å². The van der Waals surface area contributed by atoms with E-state index in [0.717, 1.165) is 38.3 Å². The maximum atomic E-state index is 12.0. The van der Waals surface area contributed by atoms with Gasteiger partial charge in [0.2, 0.25) is 5.91 Å². The molecule has 18 heavy (non-hydrogen) atoms. The van der Waals surface area contributed by atoms with Gasteiger partial charge in [-0.2, -0.15) is 0 Å². The molecule has 1 aliphatic carbocycles. The van der Waals surface area contributed by atoms with Crippen molar-refractivity contribution in [2.24, 2.45) is 11.8 Å². The van der Waals surface area contributed by atoms with E-state index in [9.17, 15) is 9.59 Å². The van der Waals surface area contributed by atoms with Gasteiger partial charge in [0.25, 0.3) is 0 Å². The average molecular weight is 253 g/mol. The van der Waals surface area contributed by atoms with Crippen LogP contribution in [0.25, 0.3) is 0 Å². The van der Waals surface area contributed by atoms with Crippen LogP contribution in [0.4, 0.5) is 0 Å². The highest BCUT2D eigenvalue weighted by atomic mass is 16.4. The number of carbonyl (C=O) groups excluding carboxylic acids is 1. The lowest BCUT2D eigenvalue weighted by molar-refractivity contribution is -0.138. The van der Waals surface area contributed by atoms with Crippen LogP contribution in [0.3, 0.4) is 0 Å². The van der Waals surface area contributed by atoms with Crippen molar-refractivity contribution < 1.29 is 14.7 Å². The van der Waals surface area contributed by atoms with Crippen LogP contribution < -0.4 is 0 Å². The number of hydrogen-bond acceptors (Lipinski definition) is 2. The third kappa shape index (κ3) is 3.72. The molecule has 1 saturated heterocycles. The van der Waals surface area contributed by atoms with E-state index in [1.54, 1.807) is 0 Å². The van der Waals surface area contributed by atoms with Gasteiger partial charge in [-0.1, -0.05) is 19.3 Å². The summed E-state index contributed by atoms with van der Waals surface area (Å²) < 4.78 is 0. The molecule has 0 aromatic carbocycles. The zero-order chi connectivity index (χ0) is 13.0. The van der Waals surface area contributed by atoms with E-state index in [1.807, 2.05) is 4.90 Å². The van der Waals surface area contributed by atoms with E-state index in [0.29, 0.717) is 6.42 Å². The van der Waals surface area contributed by atoms with E-state index < -0.39 is 5.97 Å². The summed E-state index contributed by atoms with van der Waals surface area (Å²) in [5.41, 5.74) is 0. The fraction of sp³-hybridized carbons (Fsp3) is 0.857. The van der Waals surface area contributed by atoms with E-state index >= 15 is 0 Å². The number of aliphatic carboxylic acids is 1. The summed E-state index contributed by atoms with van der Waals surface area (Å²) in [4.78, 5) is 24.5. The molecule has 0 aromatic heterocycles. The molecule has 4 nitrogen and oxygen atoms in total. The fourth-order valence-corrected chi connectivity index (χ4v) is 2.90. The molecular formula is C14H23NO3. The molecule has 1 saturated carbocycles. The number of carboxylic acid groups (broad SMARTS) is 1. The van der Waals surface area contributed by atoms with Crippen molar-refractivity contribution >= 4 is 11.9 Å². The smallest absolute Gasteiger partial charge is 0.303 e. The predicted molar refractivity (Wildman–Crippen MR) is 68.1 cm³/mol. The Kier molecular flexibility index (Phi) is 4.61. The summed E-state index contributed by atoms with van der Waals surface area (Å²) in [6.07, 6.45) is 7.62.